The Morgan fingerprint density at radius 3 is 2.45 bits per heavy atom. The van der Waals surface area contributed by atoms with Gasteiger partial charge in [-0.25, -0.2) is 9.69 Å². The topological polar surface area (TPSA) is 79.6 Å². The maximum atomic E-state index is 13.0. The van der Waals surface area contributed by atoms with Gasteiger partial charge in [-0.2, -0.15) is 0 Å². The van der Waals surface area contributed by atoms with Gasteiger partial charge in [0.15, 0.2) is 5.09 Å². The fourth-order valence-corrected chi connectivity index (χ4v) is 4.68. The first-order valence-electron chi connectivity index (χ1n) is 9.92. The molecular weight excluding hydrogens is 504 g/mol. The molecule has 2 heterocycles. The van der Waals surface area contributed by atoms with E-state index < -0.39 is 17.8 Å². The van der Waals surface area contributed by atoms with Gasteiger partial charge >= 0.3 is 6.03 Å². The minimum absolute atomic E-state index is 0.187. The van der Waals surface area contributed by atoms with Crippen molar-refractivity contribution in [1.29, 1.82) is 0 Å². The number of halogens is 1. The van der Waals surface area contributed by atoms with E-state index in [0.717, 1.165) is 25.0 Å². The highest BCUT2D eigenvalue weighted by Gasteiger charge is 2.37. The van der Waals surface area contributed by atoms with E-state index in [1.165, 1.54) is 17.8 Å². The van der Waals surface area contributed by atoms with Crippen LogP contribution < -0.4 is 10.2 Å². The molecule has 1 aliphatic heterocycles. The lowest BCUT2D eigenvalue weighted by atomic mass is 10.1. The highest BCUT2D eigenvalue weighted by Crippen LogP contribution is 2.35. The molecule has 4 amide bonds. The summed E-state index contributed by atoms with van der Waals surface area (Å²) < 4.78 is 6.66. The van der Waals surface area contributed by atoms with Gasteiger partial charge in [0.05, 0.1) is 5.69 Å². The first kappa shape index (κ1) is 21.2. The summed E-state index contributed by atoms with van der Waals surface area (Å²) >= 11 is 4.77. The van der Waals surface area contributed by atoms with Gasteiger partial charge < -0.3 is 4.42 Å². The van der Waals surface area contributed by atoms with E-state index >= 15 is 0 Å². The lowest BCUT2D eigenvalue weighted by Gasteiger charge is -2.26. The second-order valence-corrected chi connectivity index (χ2v) is 9.13. The van der Waals surface area contributed by atoms with Crippen LogP contribution in [0.25, 0.3) is 16.8 Å². The second-order valence-electron chi connectivity index (χ2n) is 7.17. The molecule has 1 saturated heterocycles. The number of anilines is 1. The number of nitrogens with zero attached hydrogens (tertiary/aromatic N) is 1. The molecule has 6 nitrogen and oxygen atoms in total. The zero-order valence-corrected chi connectivity index (χ0v) is 19.4. The first-order chi connectivity index (χ1) is 16.0. The van der Waals surface area contributed by atoms with Crippen LogP contribution in [-0.4, -0.2) is 17.8 Å². The van der Waals surface area contributed by atoms with Crippen molar-refractivity contribution in [3.63, 3.8) is 0 Å². The Hall–Kier alpha value is -3.62. The summed E-state index contributed by atoms with van der Waals surface area (Å²) in [5, 5.41) is 5.05. The Balaban J connectivity index is 1.43. The molecule has 0 spiro atoms. The number of fused-ring (bicyclic) bond motifs is 1. The molecule has 5 rings (SSSR count). The maximum absolute atomic E-state index is 13.0. The van der Waals surface area contributed by atoms with Crippen molar-refractivity contribution in [3.8, 4) is 0 Å². The van der Waals surface area contributed by atoms with E-state index in [0.29, 0.717) is 16.5 Å². The average molecular weight is 519 g/mol. The van der Waals surface area contributed by atoms with Crippen LogP contribution in [0.5, 0.6) is 0 Å². The molecule has 1 aliphatic rings. The Morgan fingerprint density at radius 1 is 0.879 bits per heavy atom. The van der Waals surface area contributed by atoms with Crippen LogP contribution in [0.4, 0.5) is 10.5 Å². The lowest BCUT2D eigenvalue weighted by molar-refractivity contribution is -0.122. The monoisotopic (exact) mass is 518 g/mol. The van der Waals surface area contributed by atoms with Gasteiger partial charge in [-0.05, 0) is 59.3 Å². The fourth-order valence-electron chi connectivity index (χ4n) is 3.48. The summed E-state index contributed by atoms with van der Waals surface area (Å²) in [6, 6.07) is 23.4. The third kappa shape index (κ3) is 4.22. The summed E-state index contributed by atoms with van der Waals surface area (Å²) in [4.78, 5) is 39.7. The van der Waals surface area contributed by atoms with E-state index in [1.54, 1.807) is 36.4 Å². The highest BCUT2D eigenvalue weighted by atomic mass is 79.9. The number of rotatable bonds is 4. The molecule has 1 fully saturated rings. The number of urea groups is 1. The van der Waals surface area contributed by atoms with Crippen molar-refractivity contribution in [3.05, 3.63) is 94.7 Å². The Kier molecular flexibility index (Phi) is 5.62. The van der Waals surface area contributed by atoms with E-state index in [1.807, 2.05) is 42.5 Å². The number of nitrogens with one attached hydrogen (secondary N) is 1. The quantitative estimate of drug-likeness (QED) is 0.264. The van der Waals surface area contributed by atoms with Crippen molar-refractivity contribution in [2.75, 3.05) is 4.90 Å². The lowest BCUT2D eigenvalue weighted by Crippen LogP contribution is -2.54. The molecule has 0 saturated carbocycles. The van der Waals surface area contributed by atoms with E-state index in [-0.39, 0.29) is 5.57 Å². The van der Waals surface area contributed by atoms with Gasteiger partial charge in [-0.15, -0.1) is 0 Å². The normalized spacial score (nSPS) is 15.4. The molecule has 1 N–H and O–H groups in total. The van der Waals surface area contributed by atoms with Gasteiger partial charge in [-0.3, -0.25) is 14.9 Å². The molecule has 3 aromatic carbocycles. The molecule has 8 heteroatoms. The molecule has 33 heavy (non-hydrogen) atoms. The molecule has 0 radical (unpaired) electrons. The first-order valence-corrected chi connectivity index (χ1v) is 11.5. The third-order valence-corrected chi connectivity index (χ3v) is 6.56. The standard InChI is InChI=1S/C25H15BrN2O4S/c26-16-8-10-17(11-9-16)28-24(30)20(23(29)27-25(28)31)14-18-12-13-22(32-18)33-21-7-3-5-15-4-1-2-6-19(15)21/h1-14H,(H,27,29,31). The number of barbiturate groups is 1. The summed E-state index contributed by atoms with van der Waals surface area (Å²) in [6.45, 7) is 0. The zero-order valence-electron chi connectivity index (χ0n) is 16.9. The molecule has 0 atom stereocenters. The van der Waals surface area contributed by atoms with Crippen molar-refractivity contribution >= 4 is 68.1 Å². The van der Waals surface area contributed by atoms with Crippen LogP contribution >= 0.6 is 27.7 Å². The van der Waals surface area contributed by atoms with Crippen LogP contribution in [0, 0.1) is 0 Å². The molecule has 4 aromatic rings. The molecule has 0 bridgehead atoms. The fraction of sp³-hybridized carbons (Fsp3) is 0. The van der Waals surface area contributed by atoms with Gasteiger partial charge in [-0.1, -0.05) is 64.1 Å². The Bertz CT molecular complexity index is 1440. The number of carbonyl (C=O) groups is 3. The van der Waals surface area contributed by atoms with Crippen molar-refractivity contribution in [1.82, 2.24) is 5.32 Å². The highest BCUT2D eigenvalue weighted by molar-refractivity contribution is 9.10. The second kappa shape index (κ2) is 8.73. The van der Waals surface area contributed by atoms with Crippen LogP contribution in [0.2, 0.25) is 0 Å². The smallest absolute Gasteiger partial charge is 0.335 e. The summed E-state index contributed by atoms with van der Waals surface area (Å²) in [7, 11) is 0. The SMILES string of the molecule is O=C1NC(=O)N(c2ccc(Br)cc2)C(=O)C1=Cc1ccc(Sc2cccc3ccccc23)o1. The number of benzene rings is 3. The Labute approximate surface area is 201 Å². The number of furan rings is 1. The molecule has 0 unspecified atom stereocenters. The summed E-state index contributed by atoms with van der Waals surface area (Å²) in [5.74, 6) is -1.15. The largest absolute Gasteiger partial charge is 0.450 e. The van der Waals surface area contributed by atoms with Crippen molar-refractivity contribution in [2.45, 2.75) is 9.99 Å². The molecule has 162 valence electrons. The van der Waals surface area contributed by atoms with Gasteiger partial charge in [0.25, 0.3) is 11.8 Å². The predicted molar refractivity (Wildman–Crippen MR) is 130 cm³/mol. The Morgan fingerprint density at radius 2 is 1.64 bits per heavy atom. The van der Waals surface area contributed by atoms with Gasteiger partial charge in [0, 0.05) is 9.37 Å². The maximum Gasteiger partial charge on any atom is 0.335 e. The zero-order chi connectivity index (χ0) is 22.9. The number of imide groups is 2. The summed E-state index contributed by atoms with van der Waals surface area (Å²) in [6.07, 6.45) is 1.35. The number of carbonyl (C=O) groups excluding carboxylic acids is 3. The minimum Gasteiger partial charge on any atom is -0.450 e. The predicted octanol–water partition coefficient (Wildman–Crippen LogP) is 6.01. The molecular formula is C25H15BrN2O4S. The van der Waals surface area contributed by atoms with Crippen LogP contribution in [0.3, 0.4) is 0 Å². The number of hydrogen-bond donors (Lipinski definition) is 1. The van der Waals surface area contributed by atoms with E-state index in [2.05, 4.69) is 21.2 Å². The van der Waals surface area contributed by atoms with E-state index in [4.69, 9.17) is 4.42 Å². The van der Waals surface area contributed by atoms with Gasteiger partial charge in [0.2, 0.25) is 0 Å². The van der Waals surface area contributed by atoms with Crippen LogP contribution in [0.1, 0.15) is 5.76 Å². The summed E-state index contributed by atoms with van der Waals surface area (Å²) in [5.41, 5.74) is 0.166. The third-order valence-electron chi connectivity index (χ3n) is 5.04. The molecule has 0 aliphatic carbocycles. The number of hydrogen-bond acceptors (Lipinski definition) is 5. The number of amides is 4. The van der Waals surface area contributed by atoms with Crippen LogP contribution in [0.15, 0.2) is 103 Å². The van der Waals surface area contributed by atoms with E-state index in [9.17, 15) is 14.4 Å². The van der Waals surface area contributed by atoms with Crippen LogP contribution in [-0.2, 0) is 9.59 Å². The minimum atomic E-state index is -0.795. The van der Waals surface area contributed by atoms with Crippen molar-refractivity contribution < 1.29 is 18.8 Å². The average Bonchev–Trinajstić information content (AvgIpc) is 3.25. The van der Waals surface area contributed by atoms with Crippen molar-refractivity contribution in [2.24, 2.45) is 0 Å². The molecule has 1 aromatic heterocycles. The van der Waals surface area contributed by atoms with Gasteiger partial charge in [0.1, 0.15) is 11.3 Å².